The highest BCUT2D eigenvalue weighted by Gasteiger charge is 2.00. The molecule has 34 valence electrons. The van der Waals surface area contributed by atoms with Crippen LogP contribution in [0.25, 0.3) is 0 Å². The normalized spacial score (nSPS) is 31.8. The van der Waals surface area contributed by atoms with Gasteiger partial charge in [-0.2, -0.15) is 0 Å². The summed E-state index contributed by atoms with van der Waals surface area (Å²) in [5, 5.41) is 0.671. The lowest BCUT2D eigenvalue weighted by Crippen LogP contribution is -1.87. The first-order valence-corrected chi connectivity index (χ1v) is 3.06. The molecule has 0 aliphatic carbocycles. The van der Waals surface area contributed by atoms with Gasteiger partial charge in [-0.15, -0.1) is 11.8 Å². The third-order valence-corrected chi connectivity index (χ3v) is 1.67. The van der Waals surface area contributed by atoms with E-state index >= 15 is 0 Å². The third-order valence-electron chi connectivity index (χ3n) is 0.727. The third kappa shape index (κ3) is 0.744. The van der Waals surface area contributed by atoms with Gasteiger partial charge in [0.2, 0.25) is 0 Å². The molecule has 0 aromatic heterocycles. The van der Waals surface area contributed by atoms with E-state index in [2.05, 4.69) is 11.9 Å². The first kappa shape index (κ1) is 4.19. The van der Waals surface area contributed by atoms with E-state index in [0.717, 1.165) is 5.88 Å². The van der Waals surface area contributed by atoms with Crippen molar-refractivity contribution < 1.29 is 0 Å². The lowest BCUT2D eigenvalue weighted by Gasteiger charge is -1.86. The van der Waals surface area contributed by atoms with E-state index in [1.165, 1.54) is 0 Å². The number of hydrogen-bond acceptors (Lipinski definition) is 2. The van der Waals surface area contributed by atoms with Gasteiger partial charge in [0.25, 0.3) is 0 Å². The molecule has 0 fully saturated rings. The van der Waals surface area contributed by atoms with Crippen LogP contribution >= 0.6 is 11.8 Å². The molecule has 1 aliphatic heterocycles. The summed E-state index contributed by atoms with van der Waals surface area (Å²) in [5.74, 6) is 0.973. The molecule has 0 unspecified atom stereocenters. The number of aliphatic imine (C=N–C) groups is 1. The Morgan fingerprint density at radius 3 is 3.00 bits per heavy atom. The zero-order valence-corrected chi connectivity index (χ0v) is 4.53. The summed E-state index contributed by atoms with van der Waals surface area (Å²) in [5.41, 5.74) is 0. The lowest BCUT2D eigenvalue weighted by atomic mass is 10.5. The molecular formula is C4H7NS. The highest BCUT2D eigenvalue weighted by Crippen LogP contribution is 2.12. The fourth-order valence-corrected chi connectivity index (χ4v) is 0.975. The minimum absolute atomic E-state index is 0.671. The Hall–Kier alpha value is 0.0200. The summed E-state index contributed by atoms with van der Waals surface area (Å²) in [6.07, 6.45) is 1.99. The van der Waals surface area contributed by atoms with Crippen LogP contribution in [0.2, 0.25) is 0 Å². The van der Waals surface area contributed by atoms with Crippen molar-refractivity contribution in [2.75, 3.05) is 5.88 Å². The van der Waals surface area contributed by atoms with Crippen molar-refractivity contribution >= 4 is 18.0 Å². The van der Waals surface area contributed by atoms with Gasteiger partial charge in [0, 0.05) is 11.5 Å². The molecule has 6 heavy (non-hydrogen) atoms. The van der Waals surface area contributed by atoms with E-state index in [-0.39, 0.29) is 0 Å². The quantitative estimate of drug-likeness (QED) is 0.446. The molecule has 1 atom stereocenters. The molecule has 0 saturated heterocycles. The Kier molecular flexibility index (Phi) is 1.15. The van der Waals surface area contributed by atoms with Crippen LogP contribution in [0, 0.1) is 0 Å². The zero-order valence-electron chi connectivity index (χ0n) is 3.72. The summed E-state index contributed by atoms with van der Waals surface area (Å²) in [4.78, 5) is 4.00. The molecule has 0 radical (unpaired) electrons. The van der Waals surface area contributed by atoms with Crippen LogP contribution in [0.15, 0.2) is 4.99 Å². The van der Waals surface area contributed by atoms with E-state index in [1.54, 1.807) is 0 Å². The standard InChI is InChI=1S/C4H7NS/c1-4-2-5-3-6-4/h2,4H,3H2,1H3/t4-/m0/s1. The molecule has 0 amide bonds. The molecule has 0 saturated carbocycles. The Bertz CT molecular complexity index is 69.9. The first-order valence-electron chi connectivity index (χ1n) is 2.01. The van der Waals surface area contributed by atoms with Crippen LogP contribution in [0.1, 0.15) is 6.92 Å². The van der Waals surface area contributed by atoms with Crippen LogP contribution in [0.4, 0.5) is 0 Å². The molecule has 0 N–H and O–H groups in total. The smallest absolute Gasteiger partial charge is 0.0846 e. The van der Waals surface area contributed by atoms with Gasteiger partial charge in [0.15, 0.2) is 0 Å². The van der Waals surface area contributed by atoms with E-state index < -0.39 is 0 Å². The maximum atomic E-state index is 4.00. The van der Waals surface area contributed by atoms with Crippen LogP contribution in [0.3, 0.4) is 0 Å². The van der Waals surface area contributed by atoms with Gasteiger partial charge in [-0.3, -0.25) is 4.99 Å². The van der Waals surface area contributed by atoms with Crippen molar-refractivity contribution in [1.29, 1.82) is 0 Å². The Morgan fingerprint density at radius 2 is 2.83 bits per heavy atom. The topological polar surface area (TPSA) is 12.4 Å². The lowest BCUT2D eigenvalue weighted by molar-refractivity contribution is 1.36. The van der Waals surface area contributed by atoms with Crippen molar-refractivity contribution in [3.05, 3.63) is 0 Å². The van der Waals surface area contributed by atoms with Crippen molar-refractivity contribution in [2.24, 2.45) is 4.99 Å². The maximum Gasteiger partial charge on any atom is 0.0846 e. The number of rotatable bonds is 0. The highest BCUT2D eigenvalue weighted by atomic mass is 32.2. The fraction of sp³-hybridized carbons (Fsp3) is 0.750. The highest BCUT2D eigenvalue weighted by molar-refractivity contribution is 8.00. The molecule has 1 aliphatic rings. The van der Waals surface area contributed by atoms with Crippen molar-refractivity contribution in [3.8, 4) is 0 Å². The van der Waals surface area contributed by atoms with Crippen LogP contribution in [-0.2, 0) is 0 Å². The summed E-state index contributed by atoms with van der Waals surface area (Å²) < 4.78 is 0. The summed E-state index contributed by atoms with van der Waals surface area (Å²) >= 11 is 1.87. The van der Waals surface area contributed by atoms with E-state index in [1.807, 2.05) is 18.0 Å². The van der Waals surface area contributed by atoms with Crippen molar-refractivity contribution in [2.45, 2.75) is 12.2 Å². The van der Waals surface area contributed by atoms with Gasteiger partial charge >= 0.3 is 0 Å². The van der Waals surface area contributed by atoms with Gasteiger partial charge in [-0.05, 0) is 6.92 Å². The van der Waals surface area contributed by atoms with Crippen LogP contribution < -0.4 is 0 Å². The second kappa shape index (κ2) is 1.65. The van der Waals surface area contributed by atoms with E-state index in [0.29, 0.717) is 5.25 Å². The van der Waals surface area contributed by atoms with Gasteiger partial charge in [0.05, 0.1) is 5.88 Å². The summed E-state index contributed by atoms with van der Waals surface area (Å²) in [7, 11) is 0. The predicted molar refractivity (Wildman–Crippen MR) is 30.4 cm³/mol. The number of nitrogens with zero attached hydrogens (tertiary/aromatic N) is 1. The second-order valence-corrected chi connectivity index (χ2v) is 2.67. The molecule has 1 nitrogen and oxygen atoms in total. The largest absolute Gasteiger partial charge is 0.286 e. The fourth-order valence-electron chi connectivity index (χ4n) is 0.395. The van der Waals surface area contributed by atoms with Crippen LogP contribution in [0.5, 0.6) is 0 Å². The average molecular weight is 101 g/mol. The van der Waals surface area contributed by atoms with E-state index in [9.17, 15) is 0 Å². The molecule has 0 aromatic carbocycles. The summed E-state index contributed by atoms with van der Waals surface area (Å²) in [6.45, 7) is 2.15. The molecule has 0 spiro atoms. The van der Waals surface area contributed by atoms with Crippen molar-refractivity contribution in [1.82, 2.24) is 0 Å². The Morgan fingerprint density at radius 1 is 2.00 bits per heavy atom. The van der Waals surface area contributed by atoms with Crippen molar-refractivity contribution in [3.63, 3.8) is 0 Å². The number of thioether (sulfide) groups is 1. The second-order valence-electron chi connectivity index (χ2n) is 1.33. The molecular weight excluding hydrogens is 94.1 g/mol. The molecule has 0 aromatic rings. The van der Waals surface area contributed by atoms with Gasteiger partial charge in [0.1, 0.15) is 0 Å². The van der Waals surface area contributed by atoms with Gasteiger partial charge in [-0.1, -0.05) is 0 Å². The number of hydrogen-bond donors (Lipinski definition) is 0. The molecule has 1 rings (SSSR count). The maximum absolute atomic E-state index is 4.00. The predicted octanol–water partition coefficient (Wildman–Crippen LogP) is 1.15. The van der Waals surface area contributed by atoms with E-state index in [4.69, 9.17) is 0 Å². The van der Waals surface area contributed by atoms with Gasteiger partial charge < -0.3 is 0 Å². The summed E-state index contributed by atoms with van der Waals surface area (Å²) in [6, 6.07) is 0. The molecule has 1 heterocycles. The monoisotopic (exact) mass is 101 g/mol. The SMILES string of the molecule is C[C@H]1C=NCS1. The van der Waals surface area contributed by atoms with Crippen LogP contribution in [-0.4, -0.2) is 17.3 Å². The Labute approximate surface area is 41.8 Å². The minimum Gasteiger partial charge on any atom is -0.286 e. The first-order chi connectivity index (χ1) is 2.89. The molecule has 2 heteroatoms. The zero-order chi connectivity index (χ0) is 4.41. The Balaban J connectivity index is 2.38. The van der Waals surface area contributed by atoms with Gasteiger partial charge in [-0.25, -0.2) is 0 Å². The average Bonchev–Trinajstić information content (AvgIpc) is 1.86. The molecule has 0 bridgehead atoms. The minimum atomic E-state index is 0.671.